The van der Waals surface area contributed by atoms with E-state index >= 15 is 8.78 Å². The predicted octanol–water partition coefficient (Wildman–Crippen LogP) is 3.44. The molecule has 2 aromatic carbocycles. The van der Waals surface area contributed by atoms with Crippen LogP contribution < -0.4 is 4.74 Å². The molecule has 1 saturated heterocycles. The number of benzene rings is 2. The van der Waals surface area contributed by atoms with E-state index in [1.54, 1.807) is 24.3 Å². The van der Waals surface area contributed by atoms with Crippen molar-refractivity contribution in [2.45, 2.75) is 57.7 Å². The molecular formula is C25H26F2O8. The number of alkyl halides is 2. The SMILES string of the molecule is CC(=O)OCC1OC(Oc2ccccc2Cc2ccccc2)C(OC(C)=O)C(OC(C)=O)C1(F)F. The van der Waals surface area contributed by atoms with Gasteiger partial charge >= 0.3 is 23.8 Å². The monoisotopic (exact) mass is 492 g/mol. The average molecular weight is 492 g/mol. The molecule has 35 heavy (non-hydrogen) atoms. The van der Waals surface area contributed by atoms with Crippen LogP contribution in [0.15, 0.2) is 54.6 Å². The molecule has 1 heterocycles. The number of halogens is 2. The summed E-state index contributed by atoms with van der Waals surface area (Å²) in [6.07, 6.45) is -7.22. The van der Waals surface area contributed by atoms with Gasteiger partial charge in [0.05, 0.1) is 0 Å². The van der Waals surface area contributed by atoms with Gasteiger partial charge in [-0.25, -0.2) is 0 Å². The highest BCUT2D eigenvalue weighted by Gasteiger charge is 2.63. The summed E-state index contributed by atoms with van der Waals surface area (Å²) in [5, 5.41) is 0. The summed E-state index contributed by atoms with van der Waals surface area (Å²) in [7, 11) is 0. The first kappa shape index (κ1) is 26.1. The van der Waals surface area contributed by atoms with Gasteiger partial charge < -0.3 is 23.7 Å². The van der Waals surface area contributed by atoms with Crippen molar-refractivity contribution in [2.24, 2.45) is 0 Å². The van der Waals surface area contributed by atoms with Gasteiger partial charge in [0.15, 0.2) is 6.10 Å². The molecule has 1 aliphatic heterocycles. The van der Waals surface area contributed by atoms with Gasteiger partial charge in [-0.2, -0.15) is 8.78 Å². The molecule has 0 aliphatic carbocycles. The highest BCUT2D eigenvalue weighted by Crippen LogP contribution is 2.39. The molecule has 188 valence electrons. The van der Waals surface area contributed by atoms with Gasteiger partial charge in [-0.3, -0.25) is 14.4 Å². The Labute approximate surface area is 201 Å². The van der Waals surface area contributed by atoms with E-state index in [2.05, 4.69) is 0 Å². The summed E-state index contributed by atoms with van der Waals surface area (Å²) in [5.74, 6) is -6.32. The van der Waals surface area contributed by atoms with Gasteiger partial charge in [-0.1, -0.05) is 48.5 Å². The maximum Gasteiger partial charge on any atom is 0.317 e. The van der Waals surface area contributed by atoms with E-state index in [-0.39, 0.29) is 5.75 Å². The first-order chi connectivity index (χ1) is 16.6. The largest absolute Gasteiger partial charge is 0.463 e. The van der Waals surface area contributed by atoms with Crippen LogP contribution in [0.5, 0.6) is 5.75 Å². The van der Waals surface area contributed by atoms with Crippen molar-refractivity contribution >= 4 is 17.9 Å². The van der Waals surface area contributed by atoms with Crippen molar-refractivity contribution in [1.82, 2.24) is 0 Å². The highest BCUT2D eigenvalue weighted by molar-refractivity contribution is 5.67. The summed E-state index contributed by atoms with van der Waals surface area (Å²) in [5.41, 5.74) is 1.68. The second kappa shape index (κ2) is 11.3. The maximum atomic E-state index is 15.3. The zero-order valence-electron chi connectivity index (χ0n) is 19.4. The molecule has 4 atom stereocenters. The van der Waals surface area contributed by atoms with Gasteiger partial charge in [0, 0.05) is 27.2 Å². The van der Waals surface area contributed by atoms with Crippen molar-refractivity contribution in [3.05, 3.63) is 65.7 Å². The Hall–Kier alpha value is -3.53. The van der Waals surface area contributed by atoms with E-state index in [4.69, 9.17) is 23.7 Å². The first-order valence-electron chi connectivity index (χ1n) is 10.9. The number of hydrogen-bond donors (Lipinski definition) is 0. The third kappa shape index (κ3) is 6.75. The minimum Gasteiger partial charge on any atom is -0.463 e. The molecule has 10 heteroatoms. The molecule has 0 amide bonds. The Bertz CT molecular complexity index is 1040. The third-order valence-corrected chi connectivity index (χ3v) is 5.16. The van der Waals surface area contributed by atoms with Crippen LogP contribution in [0.4, 0.5) is 8.78 Å². The van der Waals surface area contributed by atoms with E-state index < -0.39 is 55.0 Å². The molecule has 3 rings (SSSR count). The lowest BCUT2D eigenvalue weighted by Gasteiger charge is -2.44. The van der Waals surface area contributed by atoms with Gasteiger partial charge in [0.2, 0.25) is 18.5 Å². The fourth-order valence-corrected chi connectivity index (χ4v) is 3.65. The van der Waals surface area contributed by atoms with E-state index in [1.165, 1.54) is 0 Å². The molecule has 0 radical (unpaired) electrons. The fraction of sp³-hybridized carbons (Fsp3) is 0.400. The number of rotatable bonds is 8. The molecule has 0 aromatic heterocycles. The Kier molecular flexibility index (Phi) is 8.39. The zero-order chi connectivity index (χ0) is 25.6. The molecule has 1 fully saturated rings. The molecule has 0 saturated carbocycles. The van der Waals surface area contributed by atoms with E-state index in [0.29, 0.717) is 12.0 Å². The van der Waals surface area contributed by atoms with Crippen molar-refractivity contribution in [3.63, 3.8) is 0 Å². The number of carbonyl (C=O) groups excluding carboxylic acids is 3. The molecule has 8 nitrogen and oxygen atoms in total. The number of hydrogen-bond acceptors (Lipinski definition) is 8. The average Bonchev–Trinajstić information content (AvgIpc) is 2.78. The van der Waals surface area contributed by atoms with Crippen LogP contribution in [0.2, 0.25) is 0 Å². The van der Waals surface area contributed by atoms with Gasteiger partial charge in [-0.15, -0.1) is 0 Å². The van der Waals surface area contributed by atoms with E-state index in [1.807, 2.05) is 30.3 Å². The number of esters is 3. The van der Waals surface area contributed by atoms with Crippen LogP contribution in [0.25, 0.3) is 0 Å². The second-order valence-electron chi connectivity index (χ2n) is 7.96. The first-order valence-corrected chi connectivity index (χ1v) is 10.9. The summed E-state index contributed by atoms with van der Waals surface area (Å²) < 4.78 is 56.7. The van der Waals surface area contributed by atoms with E-state index in [0.717, 1.165) is 26.3 Å². The molecule has 0 bridgehead atoms. The Morgan fingerprint density at radius 2 is 1.51 bits per heavy atom. The molecule has 1 aliphatic rings. The van der Waals surface area contributed by atoms with Gasteiger partial charge in [-0.05, 0) is 17.2 Å². The Balaban J connectivity index is 1.96. The zero-order valence-corrected chi connectivity index (χ0v) is 19.4. The Morgan fingerprint density at radius 3 is 2.14 bits per heavy atom. The van der Waals surface area contributed by atoms with Crippen molar-refractivity contribution in [2.75, 3.05) is 6.61 Å². The summed E-state index contributed by atoms with van der Waals surface area (Å²) >= 11 is 0. The molecule has 0 N–H and O–H groups in total. The van der Waals surface area contributed by atoms with Gasteiger partial charge in [0.25, 0.3) is 0 Å². The summed E-state index contributed by atoms with van der Waals surface area (Å²) in [6.45, 7) is 2.19. The van der Waals surface area contributed by atoms with Crippen LogP contribution >= 0.6 is 0 Å². The lowest BCUT2D eigenvalue weighted by molar-refractivity contribution is -0.331. The van der Waals surface area contributed by atoms with Gasteiger partial charge in [0.1, 0.15) is 12.4 Å². The van der Waals surface area contributed by atoms with Crippen molar-refractivity contribution in [3.8, 4) is 5.75 Å². The summed E-state index contributed by atoms with van der Waals surface area (Å²) in [4.78, 5) is 34.7. The minimum absolute atomic E-state index is 0.288. The van der Waals surface area contributed by atoms with Crippen LogP contribution in [-0.2, 0) is 39.8 Å². The summed E-state index contributed by atoms with van der Waals surface area (Å²) in [6, 6.07) is 16.4. The number of para-hydroxylation sites is 1. The number of ether oxygens (including phenoxy) is 5. The topological polar surface area (TPSA) is 97.4 Å². The number of carbonyl (C=O) groups is 3. The standard InChI is InChI=1S/C25H26F2O8/c1-15(28)31-14-21-25(26,27)23(33-17(3)30)22(32-16(2)29)24(35-21)34-20-12-8-7-11-19(20)13-18-9-5-4-6-10-18/h4-12,21-24H,13-14H2,1-3H3. The Morgan fingerprint density at radius 1 is 0.886 bits per heavy atom. The normalized spacial score (nSPS) is 23.1. The lowest BCUT2D eigenvalue weighted by Crippen LogP contribution is -2.66. The maximum absolute atomic E-state index is 15.3. The fourth-order valence-electron chi connectivity index (χ4n) is 3.65. The molecule has 4 unspecified atom stereocenters. The lowest BCUT2D eigenvalue weighted by atomic mass is 9.97. The molecule has 2 aromatic rings. The van der Waals surface area contributed by atoms with Crippen molar-refractivity contribution in [1.29, 1.82) is 0 Å². The quantitative estimate of drug-likeness (QED) is 0.408. The predicted molar refractivity (Wildman–Crippen MR) is 118 cm³/mol. The van der Waals surface area contributed by atoms with E-state index in [9.17, 15) is 14.4 Å². The van der Waals surface area contributed by atoms with Crippen LogP contribution in [-0.4, -0.2) is 55.0 Å². The van der Waals surface area contributed by atoms with Crippen LogP contribution in [0, 0.1) is 0 Å². The second-order valence-corrected chi connectivity index (χ2v) is 7.96. The molecular weight excluding hydrogens is 466 g/mol. The highest BCUT2D eigenvalue weighted by atomic mass is 19.3. The van der Waals surface area contributed by atoms with Crippen molar-refractivity contribution < 1.29 is 46.8 Å². The molecule has 0 spiro atoms. The van der Waals surface area contributed by atoms with Crippen LogP contribution in [0.3, 0.4) is 0 Å². The third-order valence-electron chi connectivity index (χ3n) is 5.16. The smallest absolute Gasteiger partial charge is 0.317 e. The minimum atomic E-state index is -3.87. The van der Waals surface area contributed by atoms with Crippen LogP contribution in [0.1, 0.15) is 31.9 Å².